The monoisotopic (exact) mass is 696 g/mol. The fourth-order valence-electron chi connectivity index (χ4n) is 7.92. The van der Waals surface area contributed by atoms with Gasteiger partial charge in [0.25, 0.3) is 5.91 Å². The predicted molar refractivity (Wildman–Crippen MR) is 187 cm³/mol. The summed E-state index contributed by atoms with van der Waals surface area (Å²) in [6.45, 7) is 7.30. The summed E-state index contributed by atoms with van der Waals surface area (Å²) in [5.41, 5.74) is 2.77. The van der Waals surface area contributed by atoms with Gasteiger partial charge in [-0.2, -0.15) is 0 Å². The number of carbonyl (C=O) groups is 3. The van der Waals surface area contributed by atoms with E-state index >= 15 is 0 Å². The quantitative estimate of drug-likeness (QED) is 0.419. The second-order valence-corrected chi connectivity index (χ2v) is 14.7. The van der Waals surface area contributed by atoms with Gasteiger partial charge in [0, 0.05) is 89.1 Å². The highest BCUT2D eigenvalue weighted by atomic mass is 35.5. The van der Waals surface area contributed by atoms with E-state index in [1.807, 2.05) is 40.1 Å². The normalized spacial score (nSPS) is 22.5. The Morgan fingerprint density at radius 1 is 0.750 bits per heavy atom. The molecule has 0 aromatic heterocycles. The maximum Gasteiger partial charge on any atom is 0.410 e. The van der Waals surface area contributed by atoms with Crippen LogP contribution in [0.5, 0.6) is 0 Å². The molecule has 7 rings (SSSR count). The number of ether oxygens (including phenoxy) is 1. The third-order valence-electron chi connectivity index (χ3n) is 10.9. The molecule has 4 fully saturated rings. The second-order valence-electron chi connectivity index (χ2n) is 13.9. The topological polar surface area (TPSA) is 88.7 Å². The Bertz CT molecular complexity index is 1480. The van der Waals surface area contributed by atoms with Crippen molar-refractivity contribution in [2.24, 2.45) is 0 Å². The number of fused-ring (bicyclic) bond motifs is 1. The molecule has 1 saturated carbocycles. The first-order valence-corrected chi connectivity index (χ1v) is 18.4. The number of amides is 4. The fraction of sp³-hybridized carbons (Fsp3) is 0.583. The van der Waals surface area contributed by atoms with Crippen LogP contribution in [0.25, 0.3) is 0 Å². The van der Waals surface area contributed by atoms with E-state index in [1.54, 1.807) is 17.0 Å². The summed E-state index contributed by atoms with van der Waals surface area (Å²) in [6.07, 6.45) is 5.36. The average molecular weight is 698 g/mol. The summed E-state index contributed by atoms with van der Waals surface area (Å²) in [4.78, 5) is 51.3. The largest absolute Gasteiger partial charge is 0.436 e. The van der Waals surface area contributed by atoms with Crippen molar-refractivity contribution < 1.29 is 19.1 Å². The molecular weight excluding hydrogens is 651 g/mol. The van der Waals surface area contributed by atoms with Crippen molar-refractivity contribution in [3.8, 4) is 0 Å². The minimum absolute atomic E-state index is 0.0231. The molecule has 10 nitrogen and oxygen atoms in total. The molecular formula is C36H46Cl2N6O4. The number of rotatable bonds is 7. The fourth-order valence-corrected chi connectivity index (χ4v) is 8.24. The number of piperazine rings is 1. The molecule has 12 heteroatoms. The third-order valence-corrected chi connectivity index (χ3v) is 11.7. The first kappa shape index (κ1) is 33.4. The zero-order valence-electron chi connectivity index (χ0n) is 27.5. The van der Waals surface area contributed by atoms with Gasteiger partial charge in [0.1, 0.15) is 0 Å². The molecule has 2 aromatic carbocycles. The second kappa shape index (κ2) is 14.8. The molecule has 1 aliphatic carbocycles. The lowest BCUT2D eigenvalue weighted by molar-refractivity contribution is -0.142. The number of para-hydroxylation sites is 1. The van der Waals surface area contributed by atoms with E-state index in [-0.39, 0.29) is 24.4 Å². The number of carbonyl (C=O) groups excluding carboxylic acids is 3. The van der Waals surface area contributed by atoms with Crippen LogP contribution in [-0.2, 0) is 22.4 Å². The number of nitrogens with zero attached hydrogens (tertiary/aromatic N) is 5. The van der Waals surface area contributed by atoms with Crippen molar-refractivity contribution >= 4 is 46.9 Å². The van der Waals surface area contributed by atoms with Crippen LogP contribution >= 0.6 is 23.2 Å². The molecule has 4 amide bonds. The zero-order valence-corrected chi connectivity index (χ0v) is 29.0. The highest BCUT2D eigenvalue weighted by molar-refractivity contribution is 6.42. The number of likely N-dealkylation sites (tertiary alicyclic amines) is 2. The lowest BCUT2D eigenvalue weighted by Gasteiger charge is -2.43. The lowest BCUT2D eigenvalue weighted by Crippen LogP contribution is -2.55. The number of anilines is 1. The molecule has 258 valence electrons. The minimum Gasteiger partial charge on any atom is -0.436 e. The highest BCUT2D eigenvalue weighted by Gasteiger charge is 2.37. The molecule has 4 heterocycles. The van der Waals surface area contributed by atoms with Crippen LogP contribution in [0, 0.1) is 0 Å². The summed E-state index contributed by atoms with van der Waals surface area (Å²) in [5, 5.41) is 3.89. The number of piperidine rings is 2. The van der Waals surface area contributed by atoms with Crippen LogP contribution in [0.2, 0.25) is 10.0 Å². The van der Waals surface area contributed by atoms with Gasteiger partial charge >= 0.3 is 12.1 Å². The van der Waals surface area contributed by atoms with Crippen molar-refractivity contribution in [2.75, 3.05) is 64.2 Å². The third kappa shape index (κ3) is 7.72. The molecule has 0 radical (unpaired) electrons. The smallest absolute Gasteiger partial charge is 0.410 e. The molecule has 0 bridgehead atoms. The van der Waals surface area contributed by atoms with Gasteiger partial charge in [-0.1, -0.05) is 47.5 Å². The molecule has 1 N–H and O–H groups in total. The average Bonchev–Trinajstić information content (AvgIpc) is 3.97. The summed E-state index contributed by atoms with van der Waals surface area (Å²) in [5.74, 6) is -0.165. The first-order valence-electron chi connectivity index (χ1n) is 17.6. The van der Waals surface area contributed by atoms with Crippen LogP contribution in [0.15, 0.2) is 42.5 Å². The van der Waals surface area contributed by atoms with E-state index in [9.17, 15) is 14.4 Å². The van der Waals surface area contributed by atoms with Crippen LogP contribution in [0.1, 0.15) is 49.7 Å². The van der Waals surface area contributed by atoms with E-state index in [1.165, 1.54) is 12.8 Å². The number of hydrogen-bond acceptors (Lipinski definition) is 6. The molecule has 0 unspecified atom stereocenters. The molecule has 2 aromatic rings. The van der Waals surface area contributed by atoms with Gasteiger partial charge in [0.2, 0.25) is 0 Å². The number of urea groups is 1. The highest BCUT2D eigenvalue weighted by Crippen LogP contribution is 2.30. The van der Waals surface area contributed by atoms with Crippen LogP contribution in [0.3, 0.4) is 0 Å². The van der Waals surface area contributed by atoms with Crippen LogP contribution < -0.4 is 5.32 Å². The minimum atomic E-state index is -0.971. The lowest BCUT2D eigenvalue weighted by atomic mass is 10.0. The van der Waals surface area contributed by atoms with Crippen molar-refractivity contribution in [3.63, 3.8) is 0 Å². The zero-order chi connectivity index (χ0) is 33.2. The van der Waals surface area contributed by atoms with Gasteiger partial charge < -0.3 is 24.8 Å². The van der Waals surface area contributed by atoms with Crippen molar-refractivity contribution in [3.05, 3.63) is 63.6 Å². The standard InChI is InChI=1S/C36H46Cl2N6O4/c37-30-8-5-25(23-31(30)38)24-33(34(45)42-14-10-28(11-15-42)41-21-19-40(20-22-41)27-6-7-27)48-36(47)43-16-12-29(13-17-43)44-18-9-26-3-1-2-4-32(26)39-35(44)46/h1-5,8,23,27-29,33H,6-7,9-22,24H2,(H,39,46)/t33-/m1/s1. The predicted octanol–water partition coefficient (Wildman–Crippen LogP) is 5.37. The van der Waals surface area contributed by atoms with Crippen LogP contribution in [-0.4, -0.2) is 126 Å². The Hall–Kier alpha value is -3.05. The van der Waals surface area contributed by atoms with Crippen molar-refractivity contribution in [1.29, 1.82) is 0 Å². The van der Waals surface area contributed by atoms with E-state index in [2.05, 4.69) is 15.1 Å². The van der Waals surface area contributed by atoms with E-state index in [0.29, 0.717) is 61.7 Å². The Labute approximate surface area is 293 Å². The van der Waals surface area contributed by atoms with E-state index in [0.717, 1.165) is 68.3 Å². The van der Waals surface area contributed by atoms with E-state index < -0.39 is 12.2 Å². The molecule has 48 heavy (non-hydrogen) atoms. The molecule has 3 saturated heterocycles. The molecule has 1 atom stereocenters. The number of hydrogen-bond donors (Lipinski definition) is 1. The van der Waals surface area contributed by atoms with Gasteiger partial charge in [0.05, 0.1) is 10.0 Å². The number of nitrogens with one attached hydrogen (secondary N) is 1. The maximum absolute atomic E-state index is 14.0. The van der Waals surface area contributed by atoms with E-state index in [4.69, 9.17) is 27.9 Å². The van der Waals surface area contributed by atoms with Gasteiger partial charge in [-0.05, 0) is 74.3 Å². The number of benzene rings is 2. The summed E-state index contributed by atoms with van der Waals surface area (Å²) in [7, 11) is 0. The van der Waals surface area contributed by atoms with Gasteiger partial charge in [-0.25, -0.2) is 9.59 Å². The Balaban J connectivity index is 0.951. The maximum atomic E-state index is 14.0. The van der Waals surface area contributed by atoms with Crippen molar-refractivity contribution in [2.45, 2.75) is 75.6 Å². The molecule has 4 aliphatic heterocycles. The van der Waals surface area contributed by atoms with Gasteiger partial charge in [0.15, 0.2) is 6.10 Å². The van der Waals surface area contributed by atoms with Crippen molar-refractivity contribution in [1.82, 2.24) is 24.5 Å². The first-order chi connectivity index (χ1) is 23.3. The van der Waals surface area contributed by atoms with Gasteiger partial charge in [-0.15, -0.1) is 0 Å². The number of halogens is 2. The Morgan fingerprint density at radius 3 is 2.04 bits per heavy atom. The Kier molecular flexibility index (Phi) is 10.3. The summed E-state index contributed by atoms with van der Waals surface area (Å²) >= 11 is 12.5. The summed E-state index contributed by atoms with van der Waals surface area (Å²) < 4.78 is 6.04. The Morgan fingerprint density at radius 2 is 1.38 bits per heavy atom. The van der Waals surface area contributed by atoms with Gasteiger partial charge in [-0.3, -0.25) is 14.6 Å². The summed E-state index contributed by atoms with van der Waals surface area (Å²) in [6, 6.07) is 14.4. The molecule has 5 aliphatic rings. The van der Waals surface area contributed by atoms with Crippen LogP contribution in [0.4, 0.5) is 15.3 Å². The molecule has 0 spiro atoms. The SMILES string of the molecule is O=C(O[C@H](Cc1ccc(Cl)c(Cl)c1)C(=O)N1CCC(N2CCN(C3CC3)CC2)CC1)N1CCC(N2CCc3ccccc3NC2=O)CC1.